The van der Waals surface area contributed by atoms with E-state index < -0.39 is 37.5 Å². The number of Topliss-reactive ketones (excluding diaryl/α,β-unsaturated/α-hetero) is 1. The number of aromatic nitrogens is 1. The molecule has 2 N–H and O–H groups in total. The molecule has 6 nitrogen and oxygen atoms in total. The first-order valence-corrected chi connectivity index (χ1v) is 12.6. The van der Waals surface area contributed by atoms with Gasteiger partial charge in [0.25, 0.3) is 0 Å². The second-order valence-electron chi connectivity index (χ2n) is 9.21. The summed E-state index contributed by atoms with van der Waals surface area (Å²) in [4.78, 5) is 20.9. The lowest BCUT2D eigenvalue weighted by atomic mass is 9.90. The minimum absolute atomic E-state index is 0.0207. The molecular formula is C26H25F2N3O3S. The number of aryl methyl sites for hydroxylation is 1. The van der Waals surface area contributed by atoms with E-state index >= 15 is 0 Å². The summed E-state index contributed by atoms with van der Waals surface area (Å²) >= 11 is 0. The Morgan fingerprint density at radius 2 is 1.74 bits per heavy atom. The highest BCUT2D eigenvalue weighted by Gasteiger charge is 2.53. The van der Waals surface area contributed by atoms with Crippen molar-refractivity contribution in [2.45, 2.75) is 37.5 Å². The Labute approximate surface area is 202 Å². The van der Waals surface area contributed by atoms with Crippen LogP contribution >= 0.6 is 0 Å². The maximum Gasteiger partial charge on any atom is 0.185 e. The molecule has 2 aromatic carbocycles. The highest BCUT2D eigenvalue weighted by molar-refractivity contribution is 7.93. The normalized spacial score (nSPS) is 23.5. The summed E-state index contributed by atoms with van der Waals surface area (Å²) in [6.07, 6.45) is 0.814. The predicted molar refractivity (Wildman–Crippen MR) is 130 cm³/mol. The molecule has 1 aliphatic heterocycles. The molecular weight excluding hydrogens is 472 g/mol. The molecule has 182 valence electrons. The van der Waals surface area contributed by atoms with E-state index in [2.05, 4.69) is 9.98 Å². The fourth-order valence-corrected chi connectivity index (χ4v) is 6.44. The number of amidine groups is 1. The molecule has 0 bridgehead atoms. The van der Waals surface area contributed by atoms with Crippen LogP contribution in [-0.4, -0.2) is 30.8 Å². The van der Waals surface area contributed by atoms with Crippen LogP contribution in [-0.2, 0) is 26.5 Å². The summed E-state index contributed by atoms with van der Waals surface area (Å²) in [5.74, 6) is -2.22. The number of sulfone groups is 1. The smallest absolute Gasteiger partial charge is 0.185 e. The van der Waals surface area contributed by atoms with Gasteiger partial charge >= 0.3 is 0 Å². The molecule has 9 heteroatoms. The number of ketones is 1. The van der Waals surface area contributed by atoms with Gasteiger partial charge < -0.3 is 5.73 Å². The first-order valence-electron chi connectivity index (χ1n) is 10.9. The number of pyridine rings is 1. The molecule has 0 radical (unpaired) electrons. The first kappa shape index (κ1) is 24.7. The Bertz CT molecular complexity index is 1440. The summed E-state index contributed by atoms with van der Waals surface area (Å²) < 4.78 is 53.7. The Kier molecular flexibility index (Phi) is 6.09. The lowest BCUT2D eigenvalue weighted by Crippen LogP contribution is -2.54. The molecule has 0 aliphatic carbocycles. The highest BCUT2D eigenvalue weighted by atomic mass is 32.2. The summed E-state index contributed by atoms with van der Waals surface area (Å²) in [6, 6.07) is 13.4. The zero-order valence-electron chi connectivity index (χ0n) is 19.5. The van der Waals surface area contributed by atoms with Crippen LogP contribution in [0.2, 0.25) is 0 Å². The van der Waals surface area contributed by atoms with Crippen molar-refractivity contribution in [2.75, 3.05) is 5.75 Å². The van der Waals surface area contributed by atoms with Gasteiger partial charge in [-0.25, -0.2) is 17.2 Å². The van der Waals surface area contributed by atoms with Crippen LogP contribution in [0, 0.1) is 18.6 Å². The summed E-state index contributed by atoms with van der Waals surface area (Å²) in [6.45, 7) is 4.91. The SMILES string of the molecule is Cc1ccc([C@@]2(C)C(N)=N[C@](C)(c3cc(CC(=O)c4ccc(F)cn4)ccc3F)CS2(=O)=O)cc1. The van der Waals surface area contributed by atoms with Gasteiger partial charge in [0.1, 0.15) is 28.7 Å². The third-order valence-corrected chi connectivity index (χ3v) is 9.17. The first-order chi connectivity index (χ1) is 16.4. The minimum Gasteiger partial charge on any atom is -0.386 e. The molecule has 0 fully saturated rings. The van der Waals surface area contributed by atoms with Gasteiger partial charge in [-0.1, -0.05) is 35.9 Å². The van der Waals surface area contributed by atoms with E-state index in [4.69, 9.17) is 5.73 Å². The predicted octanol–water partition coefficient (Wildman–Crippen LogP) is 4.01. The van der Waals surface area contributed by atoms with Gasteiger partial charge in [-0.05, 0) is 56.2 Å². The molecule has 2 atom stereocenters. The van der Waals surface area contributed by atoms with E-state index in [-0.39, 0.29) is 29.3 Å². The fourth-order valence-electron chi connectivity index (χ4n) is 4.33. The second-order valence-corrected chi connectivity index (χ2v) is 11.5. The molecule has 3 aromatic rings. The van der Waals surface area contributed by atoms with Crippen LogP contribution < -0.4 is 5.73 Å². The number of rotatable bonds is 5. The molecule has 0 saturated heterocycles. The van der Waals surface area contributed by atoms with Gasteiger partial charge in [-0.15, -0.1) is 0 Å². The number of halogens is 2. The summed E-state index contributed by atoms with van der Waals surface area (Å²) in [5, 5.41) is 0. The minimum atomic E-state index is -3.93. The molecule has 4 rings (SSSR count). The number of benzene rings is 2. The number of hydrogen-bond donors (Lipinski definition) is 1. The molecule has 0 saturated carbocycles. The van der Waals surface area contributed by atoms with Gasteiger partial charge in [0.2, 0.25) is 0 Å². The Hall–Kier alpha value is -3.46. The average molecular weight is 498 g/mol. The van der Waals surface area contributed by atoms with Crippen molar-refractivity contribution >= 4 is 21.5 Å². The number of carbonyl (C=O) groups excluding carboxylic acids is 1. The zero-order chi connectivity index (χ0) is 25.6. The molecule has 35 heavy (non-hydrogen) atoms. The molecule has 0 amide bonds. The quantitative estimate of drug-likeness (QED) is 0.537. The van der Waals surface area contributed by atoms with Crippen molar-refractivity contribution in [1.29, 1.82) is 0 Å². The van der Waals surface area contributed by atoms with Crippen molar-refractivity contribution in [1.82, 2.24) is 4.98 Å². The summed E-state index contributed by atoms with van der Waals surface area (Å²) in [5.41, 5.74) is 6.77. The van der Waals surface area contributed by atoms with Crippen LogP contribution in [0.3, 0.4) is 0 Å². The number of nitrogens with zero attached hydrogens (tertiary/aromatic N) is 2. The molecule has 0 unspecified atom stereocenters. The average Bonchev–Trinajstić information content (AvgIpc) is 2.79. The van der Waals surface area contributed by atoms with Gasteiger partial charge in [-0.2, -0.15) is 0 Å². The molecule has 1 aromatic heterocycles. The lowest BCUT2D eigenvalue weighted by Gasteiger charge is -2.40. The van der Waals surface area contributed by atoms with Gasteiger partial charge in [-0.3, -0.25) is 14.8 Å². The van der Waals surface area contributed by atoms with E-state index in [1.54, 1.807) is 24.3 Å². The van der Waals surface area contributed by atoms with Gasteiger partial charge in [0.05, 0.1) is 11.9 Å². The largest absolute Gasteiger partial charge is 0.386 e. The van der Waals surface area contributed by atoms with Crippen molar-refractivity contribution in [2.24, 2.45) is 10.7 Å². The van der Waals surface area contributed by atoms with Crippen LogP contribution in [0.15, 0.2) is 65.8 Å². The maximum atomic E-state index is 15.0. The number of hydrogen-bond acceptors (Lipinski definition) is 6. The molecule has 0 spiro atoms. The van der Waals surface area contributed by atoms with Crippen molar-refractivity contribution in [3.63, 3.8) is 0 Å². The zero-order valence-corrected chi connectivity index (χ0v) is 20.4. The van der Waals surface area contributed by atoms with Crippen LogP contribution in [0.1, 0.15) is 46.6 Å². The second kappa shape index (κ2) is 8.64. The monoisotopic (exact) mass is 497 g/mol. The van der Waals surface area contributed by atoms with E-state index in [0.29, 0.717) is 11.1 Å². The molecule has 2 heterocycles. The number of aliphatic imine (C=N–C) groups is 1. The third-order valence-electron chi connectivity index (χ3n) is 6.54. The summed E-state index contributed by atoms with van der Waals surface area (Å²) in [7, 11) is -3.93. The Morgan fingerprint density at radius 1 is 1.06 bits per heavy atom. The number of carbonyl (C=O) groups is 1. The van der Waals surface area contributed by atoms with Crippen LogP contribution in [0.25, 0.3) is 0 Å². The van der Waals surface area contributed by atoms with E-state index in [9.17, 15) is 22.0 Å². The van der Waals surface area contributed by atoms with E-state index in [1.807, 2.05) is 6.92 Å². The number of nitrogens with two attached hydrogens (primary N) is 1. The van der Waals surface area contributed by atoms with Gasteiger partial charge in [0, 0.05) is 12.0 Å². The lowest BCUT2D eigenvalue weighted by molar-refractivity contribution is 0.0988. The van der Waals surface area contributed by atoms with Gasteiger partial charge in [0.15, 0.2) is 20.4 Å². The van der Waals surface area contributed by atoms with Crippen molar-refractivity contribution < 1.29 is 22.0 Å². The molecule has 1 aliphatic rings. The van der Waals surface area contributed by atoms with Crippen LogP contribution in [0.5, 0.6) is 0 Å². The van der Waals surface area contributed by atoms with Crippen LogP contribution in [0.4, 0.5) is 8.78 Å². The van der Waals surface area contributed by atoms with E-state index in [1.165, 1.54) is 38.1 Å². The third kappa shape index (κ3) is 4.36. The van der Waals surface area contributed by atoms with E-state index in [0.717, 1.165) is 17.8 Å². The standard InChI is InChI=1S/C26H25F2N3O3S/c1-16-4-7-18(8-5-16)26(3)24(29)31-25(2,15-35(26,33)34)20-12-17(6-10-21(20)28)13-23(32)22-11-9-19(27)14-30-22/h4-12,14H,13,15H2,1-3H3,(H2,29,31)/t25-,26-/m0/s1. The van der Waals surface area contributed by atoms with Crippen molar-refractivity contribution in [3.05, 3.63) is 100 Å². The highest BCUT2D eigenvalue weighted by Crippen LogP contribution is 2.42. The fraction of sp³-hybridized carbons (Fsp3) is 0.269. The Balaban J connectivity index is 1.73. The van der Waals surface area contributed by atoms with Crippen molar-refractivity contribution in [3.8, 4) is 0 Å². The topological polar surface area (TPSA) is 102 Å². The Morgan fingerprint density at radius 3 is 2.34 bits per heavy atom. The maximum absolute atomic E-state index is 15.0.